The minimum atomic E-state index is -0.295. The Labute approximate surface area is 153 Å². The van der Waals surface area contributed by atoms with E-state index in [-0.39, 0.29) is 5.91 Å². The lowest BCUT2D eigenvalue weighted by molar-refractivity contribution is 0.0954. The van der Waals surface area contributed by atoms with Crippen molar-refractivity contribution in [3.63, 3.8) is 0 Å². The summed E-state index contributed by atoms with van der Waals surface area (Å²) >= 11 is 10.1. The smallest absolute Gasteiger partial charge is 0.272 e. The highest BCUT2D eigenvalue weighted by molar-refractivity contribution is 9.11. The monoisotopic (exact) mass is 488 g/mol. The average molecular weight is 491 g/mol. The van der Waals surface area contributed by atoms with Gasteiger partial charge >= 0.3 is 0 Å². The summed E-state index contributed by atoms with van der Waals surface area (Å²) in [4.78, 5) is 12.0. The molecule has 0 aliphatic rings. The molecule has 2 aromatic rings. The summed E-state index contributed by atoms with van der Waals surface area (Å²) in [7, 11) is 1.57. The third-order valence-corrected chi connectivity index (χ3v) is 4.47. The first-order chi connectivity index (χ1) is 10.5. The molecule has 0 unspecified atom stereocenters. The molecule has 4 nitrogen and oxygen atoms in total. The standard InChI is InChI=1S/C15H11Br3N2O2/c1-22-14-9(6-10(16)7-13(14)18)8-19-20-15(21)11-4-2-3-5-12(11)17/h2-8H,1H3,(H,20,21)/b19-8+. The minimum Gasteiger partial charge on any atom is -0.495 e. The van der Waals surface area contributed by atoms with Crippen molar-refractivity contribution in [3.8, 4) is 5.75 Å². The van der Waals surface area contributed by atoms with E-state index in [0.29, 0.717) is 15.8 Å². The average Bonchev–Trinajstić information content (AvgIpc) is 2.47. The first-order valence-electron chi connectivity index (χ1n) is 6.14. The first-order valence-corrected chi connectivity index (χ1v) is 8.51. The molecule has 1 N–H and O–H groups in total. The van der Waals surface area contributed by atoms with Crippen LogP contribution in [-0.4, -0.2) is 19.2 Å². The number of nitrogens with zero attached hydrogens (tertiary/aromatic N) is 1. The zero-order chi connectivity index (χ0) is 16.1. The Morgan fingerprint density at radius 3 is 2.59 bits per heavy atom. The second-order valence-electron chi connectivity index (χ2n) is 4.19. The Bertz CT molecular complexity index is 733. The quantitative estimate of drug-likeness (QED) is 0.497. The number of halogens is 3. The summed E-state index contributed by atoms with van der Waals surface area (Å²) in [5.41, 5.74) is 3.74. The largest absolute Gasteiger partial charge is 0.495 e. The summed E-state index contributed by atoms with van der Waals surface area (Å²) in [6.45, 7) is 0. The zero-order valence-electron chi connectivity index (χ0n) is 11.4. The van der Waals surface area contributed by atoms with Crippen LogP contribution in [0.3, 0.4) is 0 Å². The molecule has 0 fully saturated rings. The SMILES string of the molecule is COc1c(Br)cc(Br)cc1/C=N/NC(=O)c1ccccc1Br. The summed E-state index contributed by atoms with van der Waals surface area (Å²) in [6.07, 6.45) is 1.53. The van der Waals surface area contributed by atoms with Gasteiger partial charge in [-0.1, -0.05) is 28.1 Å². The molecule has 0 heterocycles. The fourth-order valence-electron chi connectivity index (χ4n) is 1.76. The topological polar surface area (TPSA) is 50.7 Å². The number of carbonyl (C=O) groups excluding carboxylic acids is 1. The van der Waals surface area contributed by atoms with Gasteiger partial charge in [0.15, 0.2) is 0 Å². The lowest BCUT2D eigenvalue weighted by atomic mass is 10.2. The molecule has 22 heavy (non-hydrogen) atoms. The number of hydrogen-bond donors (Lipinski definition) is 1. The van der Waals surface area contributed by atoms with E-state index in [1.165, 1.54) is 6.21 Å². The Hall–Kier alpha value is -1.18. The Balaban J connectivity index is 2.17. The number of hydrogen-bond acceptors (Lipinski definition) is 3. The number of rotatable bonds is 4. The van der Waals surface area contributed by atoms with Gasteiger partial charge in [0.05, 0.1) is 23.4 Å². The molecule has 0 radical (unpaired) electrons. The molecule has 114 valence electrons. The van der Waals surface area contributed by atoms with Gasteiger partial charge in [-0.25, -0.2) is 5.43 Å². The zero-order valence-corrected chi connectivity index (χ0v) is 16.2. The number of hydrazone groups is 1. The molecular formula is C15H11Br3N2O2. The number of nitrogens with one attached hydrogen (secondary N) is 1. The van der Waals surface area contributed by atoms with Crippen molar-refractivity contribution in [2.24, 2.45) is 5.10 Å². The summed E-state index contributed by atoms with van der Waals surface area (Å²) in [5.74, 6) is 0.346. The molecule has 0 aliphatic carbocycles. The van der Waals surface area contributed by atoms with Crippen LogP contribution < -0.4 is 10.2 Å². The van der Waals surface area contributed by atoms with E-state index in [4.69, 9.17) is 4.74 Å². The molecule has 2 rings (SSSR count). The van der Waals surface area contributed by atoms with E-state index >= 15 is 0 Å². The highest BCUT2D eigenvalue weighted by Gasteiger charge is 2.09. The summed E-state index contributed by atoms with van der Waals surface area (Å²) in [5, 5.41) is 3.98. The first kappa shape index (κ1) is 17.2. The van der Waals surface area contributed by atoms with Crippen molar-refractivity contribution >= 4 is 59.9 Å². The van der Waals surface area contributed by atoms with E-state index in [1.807, 2.05) is 18.2 Å². The lowest BCUT2D eigenvalue weighted by Gasteiger charge is -2.08. The van der Waals surface area contributed by atoms with Crippen molar-refractivity contribution in [2.75, 3.05) is 7.11 Å². The second kappa shape index (κ2) is 7.89. The van der Waals surface area contributed by atoms with Gasteiger partial charge in [0.2, 0.25) is 0 Å². The van der Waals surface area contributed by atoms with E-state index < -0.39 is 0 Å². The van der Waals surface area contributed by atoms with Crippen molar-refractivity contribution in [3.05, 3.63) is 60.9 Å². The van der Waals surface area contributed by atoms with Gasteiger partial charge in [-0.05, 0) is 56.1 Å². The third-order valence-electron chi connectivity index (χ3n) is 2.73. The van der Waals surface area contributed by atoms with Crippen LogP contribution in [0.1, 0.15) is 15.9 Å². The maximum atomic E-state index is 12.0. The van der Waals surface area contributed by atoms with Gasteiger partial charge in [0.1, 0.15) is 5.75 Å². The van der Waals surface area contributed by atoms with Gasteiger partial charge in [0.25, 0.3) is 5.91 Å². The van der Waals surface area contributed by atoms with Crippen LogP contribution in [-0.2, 0) is 0 Å². The van der Waals surface area contributed by atoms with Gasteiger partial charge in [-0.2, -0.15) is 5.10 Å². The van der Waals surface area contributed by atoms with Crippen molar-refractivity contribution in [2.45, 2.75) is 0 Å². The highest BCUT2D eigenvalue weighted by atomic mass is 79.9. The van der Waals surface area contributed by atoms with Crippen molar-refractivity contribution in [1.29, 1.82) is 0 Å². The van der Waals surface area contributed by atoms with Crippen LogP contribution in [0.4, 0.5) is 0 Å². The molecule has 0 saturated heterocycles. The molecule has 0 saturated carbocycles. The molecular weight excluding hydrogens is 480 g/mol. The van der Waals surface area contributed by atoms with Crippen molar-refractivity contribution in [1.82, 2.24) is 5.43 Å². The number of ether oxygens (including phenoxy) is 1. The van der Waals surface area contributed by atoms with Crippen molar-refractivity contribution < 1.29 is 9.53 Å². The van der Waals surface area contributed by atoms with Crippen LogP contribution in [0.15, 0.2) is 54.9 Å². The van der Waals surface area contributed by atoms with E-state index in [1.54, 1.807) is 25.3 Å². The van der Waals surface area contributed by atoms with Crippen LogP contribution in [0.25, 0.3) is 0 Å². The van der Waals surface area contributed by atoms with E-state index in [0.717, 1.165) is 14.5 Å². The van der Waals surface area contributed by atoms with Gasteiger partial charge in [0, 0.05) is 14.5 Å². The Morgan fingerprint density at radius 1 is 1.18 bits per heavy atom. The van der Waals surface area contributed by atoms with Gasteiger partial charge < -0.3 is 4.74 Å². The predicted molar refractivity (Wildman–Crippen MR) is 97.6 cm³/mol. The normalized spacial score (nSPS) is 10.7. The van der Waals surface area contributed by atoms with Crippen LogP contribution in [0.2, 0.25) is 0 Å². The lowest BCUT2D eigenvalue weighted by Crippen LogP contribution is -2.18. The molecule has 0 aromatic heterocycles. The highest BCUT2D eigenvalue weighted by Crippen LogP contribution is 2.31. The Morgan fingerprint density at radius 2 is 1.91 bits per heavy atom. The van der Waals surface area contributed by atoms with Gasteiger partial charge in [-0.15, -0.1) is 0 Å². The van der Waals surface area contributed by atoms with E-state index in [2.05, 4.69) is 58.3 Å². The molecule has 0 bridgehead atoms. The van der Waals surface area contributed by atoms with Crippen LogP contribution >= 0.6 is 47.8 Å². The fourth-order valence-corrected chi connectivity index (χ4v) is 3.64. The Kier molecular flexibility index (Phi) is 6.16. The fraction of sp³-hybridized carbons (Fsp3) is 0.0667. The van der Waals surface area contributed by atoms with Crippen LogP contribution in [0, 0.1) is 0 Å². The minimum absolute atomic E-state index is 0.295. The van der Waals surface area contributed by atoms with E-state index in [9.17, 15) is 4.79 Å². The molecule has 0 spiro atoms. The van der Waals surface area contributed by atoms with Gasteiger partial charge in [-0.3, -0.25) is 4.79 Å². The predicted octanol–water partition coefficient (Wildman–Crippen LogP) is 4.75. The summed E-state index contributed by atoms with van der Waals surface area (Å²) < 4.78 is 7.69. The number of benzene rings is 2. The number of methoxy groups -OCH3 is 1. The molecule has 1 amide bonds. The van der Waals surface area contributed by atoms with Crippen LogP contribution in [0.5, 0.6) is 5.75 Å². The second-order valence-corrected chi connectivity index (χ2v) is 6.81. The maximum absolute atomic E-state index is 12.0. The third kappa shape index (κ3) is 4.18. The molecule has 0 aliphatic heterocycles. The summed E-state index contributed by atoms with van der Waals surface area (Å²) in [6, 6.07) is 10.9. The number of carbonyl (C=O) groups is 1. The molecule has 2 aromatic carbocycles. The molecule has 0 atom stereocenters. The maximum Gasteiger partial charge on any atom is 0.272 e. The number of amides is 1. The molecule has 7 heteroatoms.